The van der Waals surface area contributed by atoms with Gasteiger partial charge in [0, 0.05) is 17.6 Å². The molecule has 4 heteroatoms. The third kappa shape index (κ3) is 2.37. The molecule has 0 bridgehead atoms. The van der Waals surface area contributed by atoms with E-state index in [1.807, 2.05) is 30.3 Å². The average molecular weight is 200 g/mol. The summed E-state index contributed by atoms with van der Waals surface area (Å²) in [7, 11) is 0. The molecule has 2 rings (SSSR count). The predicted octanol–water partition coefficient (Wildman–Crippen LogP) is 1.99. The second-order valence-corrected chi connectivity index (χ2v) is 3.25. The number of nitrogen functional groups attached to an aromatic ring is 2. The van der Waals surface area contributed by atoms with E-state index < -0.39 is 0 Å². The van der Waals surface area contributed by atoms with E-state index in [1.54, 1.807) is 12.4 Å². The minimum atomic E-state index is 0.635. The van der Waals surface area contributed by atoms with Crippen LogP contribution in [0.1, 0.15) is 0 Å². The lowest BCUT2D eigenvalue weighted by atomic mass is 10.2. The maximum absolute atomic E-state index is 5.61. The molecule has 15 heavy (non-hydrogen) atoms. The molecule has 0 saturated carbocycles. The standard InChI is InChI=1S/C11H12N4/c12-8-1-3-10(4-2-8)15-11-5-9(13)6-14-7-11/h1-7,15H,12-13H2. The molecule has 76 valence electrons. The van der Waals surface area contributed by atoms with Crippen LogP contribution in [0.25, 0.3) is 0 Å². The molecule has 0 amide bonds. The van der Waals surface area contributed by atoms with Crippen molar-refractivity contribution in [1.82, 2.24) is 4.98 Å². The third-order valence-electron chi connectivity index (χ3n) is 1.96. The zero-order chi connectivity index (χ0) is 10.7. The summed E-state index contributed by atoms with van der Waals surface area (Å²) in [5.74, 6) is 0. The van der Waals surface area contributed by atoms with Crippen molar-refractivity contribution in [3.05, 3.63) is 42.7 Å². The Morgan fingerprint density at radius 3 is 2.27 bits per heavy atom. The van der Waals surface area contributed by atoms with Crippen LogP contribution in [0.3, 0.4) is 0 Å². The van der Waals surface area contributed by atoms with Crippen LogP contribution in [-0.4, -0.2) is 4.98 Å². The molecule has 0 saturated heterocycles. The highest BCUT2D eigenvalue weighted by atomic mass is 14.9. The summed E-state index contributed by atoms with van der Waals surface area (Å²) in [6.45, 7) is 0. The molecule has 0 aliphatic rings. The molecule has 0 atom stereocenters. The third-order valence-corrected chi connectivity index (χ3v) is 1.96. The minimum Gasteiger partial charge on any atom is -0.399 e. The summed E-state index contributed by atoms with van der Waals surface area (Å²) in [4.78, 5) is 3.99. The van der Waals surface area contributed by atoms with E-state index in [0.717, 1.165) is 17.1 Å². The molecule has 0 spiro atoms. The molecule has 1 heterocycles. The van der Waals surface area contributed by atoms with Gasteiger partial charge >= 0.3 is 0 Å². The maximum atomic E-state index is 5.61. The number of hydrogen-bond donors (Lipinski definition) is 3. The number of anilines is 4. The number of benzene rings is 1. The fourth-order valence-corrected chi connectivity index (χ4v) is 1.26. The molecule has 5 N–H and O–H groups in total. The summed E-state index contributed by atoms with van der Waals surface area (Å²) < 4.78 is 0. The highest BCUT2D eigenvalue weighted by Gasteiger charge is 1.95. The maximum Gasteiger partial charge on any atom is 0.0591 e. The van der Waals surface area contributed by atoms with Crippen molar-refractivity contribution in [3.8, 4) is 0 Å². The zero-order valence-electron chi connectivity index (χ0n) is 8.14. The monoisotopic (exact) mass is 200 g/mol. The van der Waals surface area contributed by atoms with Crippen LogP contribution < -0.4 is 16.8 Å². The van der Waals surface area contributed by atoms with Gasteiger partial charge in [0.25, 0.3) is 0 Å². The molecule has 0 fully saturated rings. The molecular formula is C11H12N4. The van der Waals surface area contributed by atoms with Gasteiger partial charge in [0.15, 0.2) is 0 Å². The molecule has 4 nitrogen and oxygen atoms in total. The fraction of sp³-hybridized carbons (Fsp3) is 0. The van der Waals surface area contributed by atoms with E-state index in [-0.39, 0.29) is 0 Å². The lowest BCUT2D eigenvalue weighted by Crippen LogP contribution is -1.94. The number of rotatable bonds is 2. The van der Waals surface area contributed by atoms with E-state index in [0.29, 0.717) is 5.69 Å². The van der Waals surface area contributed by atoms with Crippen molar-refractivity contribution >= 4 is 22.7 Å². The first-order valence-electron chi connectivity index (χ1n) is 4.57. The SMILES string of the molecule is Nc1ccc(Nc2cncc(N)c2)cc1. The Balaban J connectivity index is 2.18. The topological polar surface area (TPSA) is 77.0 Å². The summed E-state index contributed by atoms with van der Waals surface area (Å²) in [5, 5.41) is 3.17. The van der Waals surface area contributed by atoms with Gasteiger partial charge in [0.05, 0.1) is 17.6 Å². The van der Waals surface area contributed by atoms with Crippen molar-refractivity contribution in [1.29, 1.82) is 0 Å². The van der Waals surface area contributed by atoms with Crippen LogP contribution in [0, 0.1) is 0 Å². The van der Waals surface area contributed by atoms with E-state index >= 15 is 0 Å². The van der Waals surface area contributed by atoms with Gasteiger partial charge in [-0.25, -0.2) is 0 Å². The summed E-state index contributed by atoms with van der Waals surface area (Å²) in [6.07, 6.45) is 3.32. The Morgan fingerprint density at radius 2 is 1.60 bits per heavy atom. The lowest BCUT2D eigenvalue weighted by Gasteiger charge is -2.06. The van der Waals surface area contributed by atoms with Gasteiger partial charge in [-0.3, -0.25) is 4.98 Å². The molecule has 2 aromatic rings. The molecule has 1 aromatic heterocycles. The number of hydrogen-bond acceptors (Lipinski definition) is 4. The second kappa shape index (κ2) is 3.88. The molecule has 0 unspecified atom stereocenters. The van der Waals surface area contributed by atoms with Crippen LogP contribution in [0.4, 0.5) is 22.7 Å². The normalized spacial score (nSPS) is 9.87. The predicted molar refractivity (Wildman–Crippen MR) is 62.8 cm³/mol. The van der Waals surface area contributed by atoms with Crippen LogP contribution in [-0.2, 0) is 0 Å². The number of nitrogens with two attached hydrogens (primary N) is 2. The van der Waals surface area contributed by atoms with Crippen LogP contribution in [0.15, 0.2) is 42.7 Å². The molecule has 1 aromatic carbocycles. The van der Waals surface area contributed by atoms with Crippen LogP contribution in [0.2, 0.25) is 0 Å². The highest BCUT2D eigenvalue weighted by Crippen LogP contribution is 2.18. The summed E-state index contributed by atoms with van der Waals surface area (Å²) >= 11 is 0. The number of pyridine rings is 1. The second-order valence-electron chi connectivity index (χ2n) is 3.25. The van der Waals surface area contributed by atoms with Crippen molar-refractivity contribution in [3.63, 3.8) is 0 Å². The highest BCUT2D eigenvalue weighted by molar-refractivity contribution is 5.63. The molecule has 0 radical (unpaired) electrons. The van der Waals surface area contributed by atoms with Gasteiger partial charge < -0.3 is 16.8 Å². The first-order chi connectivity index (χ1) is 7.24. The molecule has 0 aliphatic carbocycles. The van der Waals surface area contributed by atoms with E-state index in [2.05, 4.69) is 10.3 Å². The van der Waals surface area contributed by atoms with Crippen molar-refractivity contribution < 1.29 is 0 Å². The van der Waals surface area contributed by atoms with Gasteiger partial charge in [0.2, 0.25) is 0 Å². The Hall–Kier alpha value is -2.23. The van der Waals surface area contributed by atoms with Crippen LogP contribution in [0.5, 0.6) is 0 Å². The lowest BCUT2D eigenvalue weighted by molar-refractivity contribution is 1.32. The van der Waals surface area contributed by atoms with E-state index in [1.165, 1.54) is 0 Å². The van der Waals surface area contributed by atoms with Crippen molar-refractivity contribution in [2.45, 2.75) is 0 Å². The summed E-state index contributed by atoms with van der Waals surface area (Å²) in [5.41, 5.74) is 14.4. The van der Waals surface area contributed by atoms with Gasteiger partial charge in [0.1, 0.15) is 0 Å². The van der Waals surface area contributed by atoms with Gasteiger partial charge in [-0.15, -0.1) is 0 Å². The van der Waals surface area contributed by atoms with E-state index in [9.17, 15) is 0 Å². The first kappa shape index (κ1) is 9.33. The molecule has 0 aliphatic heterocycles. The van der Waals surface area contributed by atoms with Gasteiger partial charge in [-0.2, -0.15) is 0 Å². The van der Waals surface area contributed by atoms with E-state index in [4.69, 9.17) is 11.5 Å². The fourth-order valence-electron chi connectivity index (χ4n) is 1.26. The van der Waals surface area contributed by atoms with Gasteiger partial charge in [-0.1, -0.05) is 0 Å². The Bertz CT molecular complexity index is 450. The smallest absolute Gasteiger partial charge is 0.0591 e. The molecular weight excluding hydrogens is 188 g/mol. The number of nitrogens with one attached hydrogen (secondary N) is 1. The van der Waals surface area contributed by atoms with Crippen molar-refractivity contribution in [2.24, 2.45) is 0 Å². The number of aromatic nitrogens is 1. The number of nitrogens with zero attached hydrogens (tertiary/aromatic N) is 1. The Kier molecular flexibility index (Phi) is 2.41. The first-order valence-corrected chi connectivity index (χ1v) is 4.57. The average Bonchev–Trinajstić information content (AvgIpc) is 2.22. The Labute approximate surface area is 87.9 Å². The van der Waals surface area contributed by atoms with Crippen LogP contribution >= 0.6 is 0 Å². The largest absolute Gasteiger partial charge is 0.399 e. The Morgan fingerprint density at radius 1 is 0.867 bits per heavy atom. The van der Waals surface area contributed by atoms with Gasteiger partial charge in [-0.05, 0) is 30.3 Å². The quantitative estimate of drug-likeness (QED) is 0.648. The summed E-state index contributed by atoms with van der Waals surface area (Å²) in [6, 6.07) is 9.30. The van der Waals surface area contributed by atoms with Crippen molar-refractivity contribution in [2.75, 3.05) is 16.8 Å². The zero-order valence-corrected chi connectivity index (χ0v) is 8.14. The minimum absolute atomic E-state index is 0.635.